The van der Waals surface area contributed by atoms with Crippen molar-refractivity contribution in [2.45, 2.75) is 45.3 Å². The molecule has 2 amide bonds. The maximum Gasteiger partial charge on any atom is 0.410 e. The van der Waals surface area contributed by atoms with Gasteiger partial charge in [0.15, 0.2) is 5.78 Å². The van der Waals surface area contributed by atoms with E-state index in [0.717, 1.165) is 11.9 Å². The van der Waals surface area contributed by atoms with E-state index in [-0.39, 0.29) is 18.2 Å². The molecule has 1 heterocycles. The molecule has 1 atom stereocenters. The van der Waals surface area contributed by atoms with Gasteiger partial charge in [-0.2, -0.15) is 0 Å². The van der Waals surface area contributed by atoms with E-state index in [2.05, 4.69) is 5.32 Å². The second-order valence-corrected chi connectivity index (χ2v) is 7.34. The van der Waals surface area contributed by atoms with Crippen molar-refractivity contribution < 1.29 is 19.1 Å². The number of benzene rings is 1. The normalized spacial score (nSPS) is 17.2. The van der Waals surface area contributed by atoms with Gasteiger partial charge in [0.1, 0.15) is 19.5 Å². The highest BCUT2D eigenvalue weighted by atomic mass is 16.6. The van der Waals surface area contributed by atoms with E-state index in [4.69, 9.17) is 4.74 Å². The van der Waals surface area contributed by atoms with Crippen LogP contribution >= 0.6 is 0 Å². The fraction of sp³-hybridized carbons (Fsp3) is 0.500. The Morgan fingerprint density at radius 3 is 2.48 bits per heavy atom. The summed E-state index contributed by atoms with van der Waals surface area (Å²) in [5.41, 5.74) is 1.02. The summed E-state index contributed by atoms with van der Waals surface area (Å²) >= 11 is 0. The van der Waals surface area contributed by atoms with Gasteiger partial charge in [0.05, 0.1) is 6.54 Å². The lowest BCUT2D eigenvalue weighted by Crippen LogP contribution is -2.48. The van der Waals surface area contributed by atoms with Crippen molar-refractivity contribution in [1.82, 2.24) is 10.2 Å². The van der Waals surface area contributed by atoms with E-state index in [1.54, 1.807) is 32.9 Å². The Hall–Kier alpha value is -2.31. The molecule has 6 nitrogen and oxygen atoms in total. The lowest BCUT2D eigenvalue weighted by atomic mass is 9.94. The first-order chi connectivity index (χ1) is 11.7. The van der Waals surface area contributed by atoms with Crippen molar-refractivity contribution in [3.63, 3.8) is 0 Å². The highest BCUT2D eigenvalue weighted by Crippen LogP contribution is 2.21. The number of carbonyl (C=O) groups is 3. The highest BCUT2D eigenvalue weighted by Gasteiger charge is 2.36. The predicted molar refractivity (Wildman–Crippen MR) is 97.9 cm³/mol. The van der Waals surface area contributed by atoms with Gasteiger partial charge in [-0.15, -0.1) is 0 Å². The molecule has 7 heteroatoms. The number of rotatable bonds is 4. The summed E-state index contributed by atoms with van der Waals surface area (Å²) in [5, 5.41) is 2.65. The van der Waals surface area contributed by atoms with Crippen molar-refractivity contribution in [2.75, 3.05) is 13.1 Å². The van der Waals surface area contributed by atoms with Crippen LogP contribution in [0.25, 0.3) is 0 Å². The molecule has 1 saturated heterocycles. The molecule has 0 bridgehead atoms. The molecule has 25 heavy (non-hydrogen) atoms. The van der Waals surface area contributed by atoms with Crippen LogP contribution in [0.1, 0.15) is 44.0 Å². The zero-order valence-corrected chi connectivity index (χ0v) is 15.3. The van der Waals surface area contributed by atoms with Crippen LogP contribution in [0.5, 0.6) is 0 Å². The minimum absolute atomic E-state index is 0.0828. The monoisotopic (exact) mass is 344 g/mol. The zero-order chi connectivity index (χ0) is 18.6. The number of amides is 2. The Kier molecular flexibility index (Phi) is 5.87. The van der Waals surface area contributed by atoms with E-state index in [1.807, 2.05) is 20.0 Å². The van der Waals surface area contributed by atoms with E-state index >= 15 is 0 Å². The number of carbonyl (C=O) groups excluding carboxylic acids is 3. The fourth-order valence-corrected chi connectivity index (χ4v) is 2.71. The van der Waals surface area contributed by atoms with Crippen molar-refractivity contribution in [3.8, 4) is 0 Å². The second kappa shape index (κ2) is 7.72. The van der Waals surface area contributed by atoms with Crippen LogP contribution in [-0.4, -0.2) is 55.3 Å². The Bertz CT molecular complexity index is 652. The summed E-state index contributed by atoms with van der Waals surface area (Å²) < 4.78 is 5.35. The first kappa shape index (κ1) is 19.0. The van der Waals surface area contributed by atoms with E-state index < -0.39 is 17.7 Å². The summed E-state index contributed by atoms with van der Waals surface area (Å²) in [6.07, 6.45) is 0.822. The lowest BCUT2D eigenvalue weighted by Gasteiger charge is -2.28. The second-order valence-electron chi connectivity index (χ2n) is 7.34. The van der Waals surface area contributed by atoms with Crippen LogP contribution in [0.4, 0.5) is 4.79 Å². The van der Waals surface area contributed by atoms with Crippen molar-refractivity contribution >= 4 is 31.1 Å². The van der Waals surface area contributed by atoms with Gasteiger partial charge in [0.25, 0.3) is 0 Å². The van der Waals surface area contributed by atoms with Crippen molar-refractivity contribution in [3.05, 3.63) is 29.8 Å². The van der Waals surface area contributed by atoms with E-state index in [1.165, 1.54) is 4.90 Å². The van der Waals surface area contributed by atoms with E-state index in [9.17, 15) is 14.4 Å². The van der Waals surface area contributed by atoms with Crippen LogP contribution in [0.3, 0.4) is 0 Å². The van der Waals surface area contributed by atoms with Crippen LogP contribution in [-0.2, 0) is 9.53 Å². The number of Topliss-reactive ketones (excluding diaryl/α,β-unsaturated/α-hetero) is 1. The van der Waals surface area contributed by atoms with Gasteiger partial charge >= 0.3 is 6.09 Å². The third kappa shape index (κ3) is 5.34. The molecule has 0 aromatic heterocycles. The number of likely N-dealkylation sites (tertiary alicyclic amines) is 1. The van der Waals surface area contributed by atoms with Crippen LogP contribution < -0.4 is 10.8 Å². The van der Waals surface area contributed by atoms with E-state index in [0.29, 0.717) is 18.5 Å². The smallest absolute Gasteiger partial charge is 0.410 e. The maximum atomic E-state index is 12.4. The molecular formula is C18H25BN2O4. The summed E-state index contributed by atoms with van der Waals surface area (Å²) in [6, 6.07) is 6.62. The van der Waals surface area contributed by atoms with Gasteiger partial charge in [0, 0.05) is 12.1 Å². The average molecular weight is 344 g/mol. The molecule has 0 aliphatic carbocycles. The number of nitrogens with one attached hydrogen (secondary N) is 1. The Balaban J connectivity index is 1.92. The van der Waals surface area contributed by atoms with Gasteiger partial charge in [-0.1, -0.05) is 29.7 Å². The quantitative estimate of drug-likeness (QED) is 0.643. The predicted octanol–water partition coefficient (Wildman–Crippen LogP) is 0.643. The molecule has 1 aromatic carbocycles. The molecule has 0 radical (unpaired) electrons. The number of hydrogen-bond donors (Lipinski definition) is 1. The minimum atomic E-state index is -0.609. The van der Waals surface area contributed by atoms with Gasteiger partial charge in [0.2, 0.25) is 5.91 Å². The van der Waals surface area contributed by atoms with Crippen LogP contribution in [0, 0.1) is 0 Å². The molecule has 0 saturated carbocycles. The number of ketones is 1. The molecule has 1 aromatic rings. The van der Waals surface area contributed by atoms with Crippen molar-refractivity contribution in [2.24, 2.45) is 0 Å². The average Bonchev–Trinajstić information content (AvgIpc) is 3.01. The SMILES string of the molecule is Bc1ccc(C(=O)CNC(=O)[C@@H]2CCCN2C(=O)OC(C)(C)C)cc1. The number of hydrogen-bond acceptors (Lipinski definition) is 4. The molecule has 1 aliphatic heterocycles. The maximum absolute atomic E-state index is 12.4. The zero-order valence-electron chi connectivity index (χ0n) is 15.3. The fourth-order valence-electron chi connectivity index (χ4n) is 2.71. The molecule has 0 spiro atoms. The first-order valence-corrected chi connectivity index (χ1v) is 8.54. The topological polar surface area (TPSA) is 75.7 Å². The molecule has 1 fully saturated rings. The Morgan fingerprint density at radius 2 is 1.88 bits per heavy atom. The lowest BCUT2D eigenvalue weighted by molar-refractivity contribution is -0.125. The summed E-state index contributed by atoms with van der Waals surface area (Å²) in [4.78, 5) is 38.2. The molecule has 0 unspecified atom stereocenters. The molecule has 134 valence electrons. The summed E-state index contributed by atoms with van der Waals surface area (Å²) in [7, 11) is 1.95. The van der Waals surface area contributed by atoms with Gasteiger partial charge < -0.3 is 10.1 Å². The molecular weight excluding hydrogens is 319 g/mol. The number of nitrogens with zero attached hydrogens (tertiary/aromatic N) is 1. The Morgan fingerprint density at radius 1 is 1.24 bits per heavy atom. The van der Waals surface area contributed by atoms with Crippen LogP contribution in [0.2, 0.25) is 0 Å². The highest BCUT2D eigenvalue weighted by molar-refractivity contribution is 6.32. The van der Waals surface area contributed by atoms with Gasteiger partial charge in [-0.05, 0) is 33.6 Å². The standard InChI is InChI=1S/C18H25BN2O4/c1-18(2,3)25-17(24)21-10-4-5-14(21)16(23)20-11-15(22)12-6-8-13(19)9-7-12/h6-9,14H,4-5,10-11,19H2,1-3H3,(H,20,23)/t14-/m0/s1. The van der Waals surface area contributed by atoms with Crippen molar-refractivity contribution in [1.29, 1.82) is 0 Å². The largest absolute Gasteiger partial charge is 0.444 e. The molecule has 2 rings (SSSR count). The van der Waals surface area contributed by atoms with Gasteiger partial charge in [-0.25, -0.2) is 4.79 Å². The summed E-state index contributed by atoms with van der Waals surface area (Å²) in [6.45, 7) is 5.77. The third-order valence-corrected chi connectivity index (χ3v) is 3.98. The molecule has 1 aliphatic rings. The minimum Gasteiger partial charge on any atom is -0.444 e. The first-order valence-electron chi connectivity index (χ1n) is 8.54. The van der Waals surface area contributed by atoms with Gasteiger partial charge in [-0.3, -0.25) is 14.5 Å². The number of ether oxygens (including phenoxy) is 1. The summed E-state index contributed by atoms with van der Waals surface area (Å²) in [5.74, 6) is -0.473. The van der Waals surface area contributed by atoms with Crippen LogP contribution in [0.15, 0.2) is 24.3 Å². The Labute approximate surface area is 149 Å². The molecule has 1 N–H and O–H groups in total. The third-order valence-electron chi connectivity index (χ3n) is 3.98.